The summed E-state index contributed by atoms with van der Waals surface area (Å²) in [7, 11) is 0. The zero-order valence-electron chi connectivity index (χ0n) is 15.7. The fraction of sp³-hybridized carbons (Fsp3) is 0.0909. The molecule has 0 radical (unpaired) electrons. The van der Waals surface area contributed by atoms with Gasteiger partial charge in [0.25, 0.3) is 0 Å². The molecule has 0 amide bonds. The molecule has 0 fully saturated rings. The molecule has 2 aromatic carbocycles. The van der Waals surface area contributed by atoms with Crippen molar-refractivity contribution in [3.63, 3.8) is 0 Å². The van der Waals surface area contributed by atoms with E-state index >= 15 is 0 Å². The molecule has 4 heterocycles. The third kappa shape index (κ3) is 2.95. The smallest absolute Gasteiger partial charge is 0.231 e. The Morgan fingerprint density at radius 1 is 1.16 bits per heavy atom. The van der Waals surface area contributed by atoms with Crippen LogP contribution in [0, 0.1) is 5.82 Å². The van der Waals surface area contributed by atoms with Crippen LogP contribution < -0.4 is 14.9 Å². The zero-order chi connectivity index (χ0) is 21.1. The highest BCUT2D eigenvalue weighted by atomic mass is 79.9. The second-order valence-electron chi connectivity index (χ2n) is 7.08. The summed E-state index contributed by atoms with van der Waals surface area (Å²) in [5, 5.41) is 2.66. The van der Waals surface area contributed by atoms with Crippen molar-refractivity contribution in [3.05, 3.63) is 73.7 Å². The number of halogens is 2. The third-order valence-corrected chi connectivity index (χ3v) is 6.42. The molecule has 0 unspecified atom stereocenters. The van der Waals surface area contributed by atoms with E-state index in [1.807, 2.05) is 23.6 Å². The largest absolute Gasteiger partial charge is 0.454 e. The van der Waals surface area contributed by atoms with E-state index in [9.17, 15) is 9.18 Å². The molecular weight excluding hydrogens is 487 g/mol. The van der Waals surface area contributed by atoms with Gasteiger partial charge in [-0.3, -0.25) is 4.79 Å². The van der Waals surface area contributed by atoms with Crippen LogP contribution in [0.25, 0.3) is 32.6 Å². The molecule has 154 valence electrons. The molecule has 5 aromatic rings. The van der Waals surface area contributed by atoms with Gasteiger partial charge in [-0.15, -0.1) is 11.3 Å². The van der Waals surface area contributed by atoms with E-state index in [-0.39, 0.29) is 17.8 Å². The Labute approximate surface area is 186 Å². The first kappa shape index (κ1) is 18.6. The van der Waals surface area contributed by atoms with Crippen LogP contribution in [0.3, 0.4) is 0 Å². The average molecular weight is 499 g/mol. The van der Waals surface area contributed by atoms with Crippen molar-refractivity contribution in [1.29, 1.82) is 0 Å². The molecule has 6 rings (SSSR count). The minimum atomic E-state index is -0.636. The predicted octanol–water partition coefficient (Wildman–Crippen LogP) is 5.62. The van der Waals surface area contributed by atoms with Crippen molar-refractivity contribution in [2.75, 3.05) is 6.79 Å². The first-order chi connectivity index (χ1) is 15.1. The van der Waals surface area contributed by atoms with E-state index in [1.54, 1.807) is 12.3 Å². The van der Waals surface area contributed by atoms with E-state index < -0.39 is 11.2 Å². The SMILES string of the molecule is O=c1c2c(F)cc(Br)cc2oc2c(Cc3ccc4c(c3)OCO4)[nH]c(-c3nccs3)c12. The Hall–Kier alpha value is -3.17. The van der Waals surface area contributed by atoms with Crippen LogP contribution in [0.4, 0.5) is 4.39 Å². The fourth-order valence-corrected chi connectivity index (χ4v) is 4.89. The minimum Gasteiger partial charge on any atom is -0.454 e. The van der Waals surface area contributed by atoms with Gasteiger partial charge in [-0.2, -0.15) is 0 Å². The van der Waals surface area contributed by atoms with Crippen LogP contribution in [-0.4, -0.2) is 16.8 Å². The fourth-order valence-electron chi connectivity index (χ4n) is 3.84. The van der Waals surface area contributed by atoms with E-state index in [0.717, 1.165) is 5.56 Å². The summed E-state index contributed by atoms with van der Waals surface area (Å²) >= 11 is 4.65. The average Bonchev–Trinajstić information content (AvgIpc) is 3.47. The molecule has 0 bridgehead atoms. The number of H-pyrrole nitrogens is 1. The number of rotatable bonds is 3. The van der Waals surface area contributed by atoms with E-state index in [2.05, 4.69) is 25.9 Å². The number of nitrogens with one attached hydrogen (secondary N) is 1. The Bertz CT molecular complexity index is 1540. The van der Waals surface area contributed by atoms with Crippen LogP contribution in [-0.2, 0) is 6.42 Å². The van der Waals surface area contributed by atoms with E-state index in [4.69, 9.17) is 13.9 Å². The van der Waals surface area contributed by atoms with Gasteiger partial charge in [0.2, 0.25) is 12.2 Å². The predicted molar refractivity (Wildman–Crippen MR) is 118 cm³/mol. The van der Waals surface area contributed by atoms with Gasteiger partial charge in [0.15, 0.2) is 17.1 Å². The second-order valence-corrected chi connectivity index (χ2v) is 8.89. The summed E-state index contributed by atoms with van der Waals surface area (Å²) in [5.41, 5.74) is 2.30. The van der Waals surface area contributed by atoms with Gasteiger partial charge in [-0.1, -0.05) is 22.0 Å². The van der Waals surface area contributed by atoms with Gasteiger partial charge < -0.3 is 18.9 Å². The number of hydrogen-bond acceptors (Lipinski definition) is 6. The van der Waals surface area contributed by atoms with E-state index in [0.29, 0.717) is 49.8 Å². The summed E-state index contributed by atoms with van der Waals surface area (Å²) in [6.45, 7) is 0.194. The summed E-state index contributed by atoms with van der Waals surface area (Å²) in [5.74, 6) is 0.733. The summed E-state index contributed by atoms with van der Waals surface area (Å²) in [6.07, 6.45) is 2.11. The standard InChI is InChI=1S/C22H12BrFN2O4S/c23-11-7-12(24)17-16(8-11)30-21-13(5-10-1-2-14-15(6-10)29-9-28-14)26-19(18(21)20(17)27)22-25-3-4-31-22/h1-4,6-8,26H,5,9H2. The van der Waals surface area contributed by atoms with Crippen LogP contribution in [0.15, 0.2) is 55.6 Å². The van der Waals surface area contributed by atoms with Crippen LogP contribution in [0.1, 0.15) is 11.3 Å². The number of aromatic amines is 1. The number of thiazole rings is 1. The molecule has 0 aliphatic carbocycles. The number of ether oxygens (including phenoxy) is 2. The van der Waals surface area contributed by atoms with Crippen molar-refractivity contribution in [3.8, 4) is 22.2 Å². The number of benzene rings is 2. The normalized spacial score (nSPS) is 12.8. The summed E-state index contributed by atoms with van der Waals surface area (Å²) in [4.78, 5) is 21.0. The Morgan fingerprint density at radius 3 is 2.87 bits per heavy atom. The molecular formula is C22H12BrFN2O4S. The summed E-state index contributed by atoms with van der Waals surface area (Å²) in [6, 6.07) is 8.53. The molecule has 0 saturated carbocycles. The first-order valence-electron chi connectivity index (χ1n) is 9.33. The molecule has 0 atom stereocenters. The number of hydrogen-bond donors (Lipinski definition) is 1. The lowest BCUT2D eigenvalue weighted by Gasteiger charge is -2.04. The quantitative estimate of drug-likeness (QED) is 0.349. The van der Waals surface area contributed by atoms with E-state index in [1.165, 1.54) is 17.4 Å². The number of nitrogens with zero attached hydrogens (tertiary/aromatic N) is 1. The Balaban J connectivity index is 1.61. The van der Waals surface area contributed by atoms with Crippen LogP contribution in [0.2, 0.25) is 0 Å². The lowest BCUT2D eigenvalue weighted by molar-refractivity contribution is 0.174. The van der Waals surface area contributed by atoms with Gasteiger partial charge in [-0.25, -0.2) is 9.37 Å². The number of aromatic nitrogens is 2. The highest BCUT2D eigenvalue weighted by Crippen LogP contribution is 2.36. The molecule has 0 spiro atoms. The van der Waals surface area contributed by atoms with Crippen molar-refractivity contribution in [1.82, 2.24) is 9.97 Å². The topological polar surface area (TPSA) is 77.4 Å². The second kappa shape index (κ2) is 6.93. The van der Waals surface area contributed by atoms with Gasteiger partial charge in [0.1, 0.15) is 21.8 Å². The van der Waals surface area contributed by atoms with Gasteiger partial charge in [-0.05, 0) is 29.8 Å². The molecule has 1 aliphatic rings. The summed E-state index contributed by atoms with van der Waals surface area (Å²) < 4.78 is 32.1. The minimum absolute atomic E-state index is 0.0814. The monoisotopic (exact) mass is 498 g/mol. The van der Waals surface area contributed by atoms with Gasteiger partial charge in [0, 0.05) is 22.5 Å². The maximum absolute atomic E-state index is 14.7. The first-order valence-corrected chi connectivity index (χ1v) is 11.0. The molecule has 6 nitrogen and oxygen atoms in total. The highest BCUT2D eigenvalue weighted by Gasteiger charge is 2.23. The van der Waals surface area contributed by atoms with Gasteiger partial charge >= 0.3 is 0 Å². The molecule has 0 saturated heterocycles. The maximum atomic E-state index is 14.7. The van der Waals surface area contributed by atoms with Crippen LogP contribution in [0.5, 0.6) is 11.5 Å². The van der Waals surface area contributed by atoms with Crippen LogP contribution >= 0.6 is 27.3 Å². The molecule has 3 aromatic heterocycles. The van der Waals surface area contributed by atoms with Crippen molar-refractivity contribution >= 4 is 49.2 Å². The third-order valence-electron chi connectivity index (χ3n) is 5.18. The maximum Gasteiger partial charge on any atom is 0.231 e. The number of fused-ring (bicyclic) bond motifs is 3. The van der Waals surface area contributed by atoms with Crippen molar-refractivity contribution in [2.24, 2.45) is 0 Å². The highest BCUT2D eigenvalue weighted by molar-refractivity contribution is 9.10. The van der Waals surface area contributed by atoms with Crippen molar-refractivity contribution < 1.29 is 18.3 Å². The Morgan fingerprint density at radius 2 is 2.03 bits per heavy atom. The lowest BCUT2D eigenvalue weighted by atomic mass is 10.1. The molecule has 1 aliphatic heterocycles. The van der Waals surface area contributed by atoms with Gasteiger partial charge in [0.05, 0.1) is 16.8 Å². The van der Waals surface area contributed by atoms with Crippen molar-refractivity contribution in [2.45, 2.75) is 6.42 Å². The molecule has 9 heteroatoms. The molecule has 1 N–H and O–H groups in total. The molecule has 31 heavy (non-hydrogen) atoms. The lowest BCUT2D eigenvalue weighted by Crippen LogP contribution is -2.04. The zero-order valence-corrected chi connectivity index (χ0v) is 18.1. The Kier molecular flexibility index (Phi) is 4.15.